The molecule has 1 aliphatic heterocycles. The first-order valence-corrected chi connectivity index (χ1v) is 17.2. The third-order valence-electron chi connectivity index (χ3n) is 9.35. The largest absolute Gasteiger partial charge is 0.416 e. The number of aryl methyl sites for hydroxylation is 2. The van der Waals surface area contributed by atoms with Gasteiger partial charge in [-0.05, 0) is 116 Å². The van der Waals surface area contributed by atoms with Crippen LogP contribution in [0.3, 0.4) is 0 Å². The van der Waals surface area contributed by atoms with Crippen molar-refractivity contribution in [3.05, 3.63) is 94.5 Å². The lowest BCUT2D eigenvalue weighted by molar-refractivity contribution is -0.137. The van der Waals surface area contributed by atoms with Crippen LogP contribution >= 0.6 is 0 Å². The number of amides is 2. The molecule has 0 aromatic heterocycles. The highest BCUT2D eigenvalue weighted by Crippen LogP contribution is 2.32. The first kappa shape index (κ1) is 36.2. The first-order valence-electron chi connectivity index (χ1n) is 17.2. The highest BCUT2D eigenvalue weighted by molar-refractivity contribution is 6.00. The quantitative estimate of drug-likeness (QED) is 0.169. The number of piperidine rings is 1. The fourth-order valence-electron chi connectivity index (χ4n) is 6.81. The fourth-order valence-corrected chi connectivity index (χ4v) is 6.81. The predicted molar refractivity (Wildman–Crippen MR) is 183 cm³/mol. The number of rotatable bonds is 15. The molecule has 3 aromatic rings. The zero-order chi connectivity index (χ0) is 33.8. The number of likely N-dealkylation sites (tertiary alicyclic amines) is 1. The number of carbonyl (C=O) groups is 2. The molecule has 1 unspecified atom stereocenters. The van der Waals surface area contributed by atoms with E-state index in [0.29, 0.717) is 42.1 Å². The SMILES string of the molecule is CCc1cccc(CC)c1CCCC(=O)NCCCCN1CCCC(CN(C)C(=O)c2ccccc2-c2ccc(C(F)(F)F)cc2)C1. The van der Waals surface area contributed by atoms with E-state index in [2.05, 4.69) is 42.3 Å². The van der Waals surface area contributed by atoms with Gasteiger partial charge in [0.25, 0.3) is 5.91 Å². The maximum Gasteiger partial charge on any atom is 0.416 e. The molecule has 3 aromatic carbocycles. The smallest absolute Gasteiger partial charge is 0.356 e. The third kappa shape index (κ3) is 10.4. The number of carbonyl (C=O) groups excluding carboxylic acids is 2. The summed E-state index contributed by atoms with van der Waals surface area (Å²) >= 11 is 0. The van der Waals surface area contributed by atoms with Gasteiger partial charge in [0.2, 0.25) is 5.91 Å². The second-order valence-corrected chi connectivity index (χ2v) is 12.8. The molecule has 0 spiro atoms. The van der Waals surface area contributed by atoms with E-state index in [4.69, 9.17) is 0 Å². The van der Waals surface area contributed by atoms with Gasteiger partial charge in [-0.1, -0.05) is 62.4 Å². The van der Waals surface area contributed by atoms with Crippen molar-refractivity contribution >= 4 is 11.8 Å². The van der Waals surface area contributed by atoms with Crippen molar-refractivity contribution in [1.82, 2.24) is 15.1 Å². The molecule has 4 rings (SSSR count). The molecule has 5 nitrogen and oxygen atoms in total. The van der Waals surface area contributed by atoms with E-state index in [0.717, 1.165) is 83.1 Å². The molecule has 0 aliphatic carbocycles. The van der Waals surface area contributed by atoms with Crippen molar-refractivity contribution in [2.75, 3.05) is 39.8 Å². The minimum Gasteiger partial charge on any atom is -0.356 e. The van der Waals surface area contributed by atoms with Crippen molar-refractivity contribution in [2.24, 2.45) is 5.92 Å². The van der Waals surface area contributed by atoms with Gasteiger partial charge in [0.1, 0.15) is 0 Å². The van der Waals surface area contributed by atoms with Gasteiger partial charge in [-0.25, -0.2) is 0 Å². The highest BCUT2D eigenvalue weighted by Gasteiger charge is 2.30. The molecule has 0 saturated carbocycles. The predicted octanol–water partition coefficient (Wildman–Crippen LogP) is 8.20. The van der Waals surface area contributed by atoms with Crippen LogP contribution in [0.25, 0.3) is 11.1 Å². The molecule has 8 heteroatoms. The third-order valence-corrected chi connectivity index (χ3v) is 9.35. The van der Waals surface area contributed by atoms with Gasteiger partial charge in [-0.3, -0.25) is 9.59 Å². The van der Waals surface area contributed by atoms with Crippen LogP contribution in [0.5, 0.6) is 0 Å². The monoisotopic (exact) mass is 649 g/mol. The summed E-state index contributed by atoms with van der Waals surface area (Å²) in [6.45, 7) is 8.61. The fraction of sp³-hybridized carbons (Fsp3) is 0.487. The Morgan fingerprint density at radius 1 is 0.915 bits per heavy atom. The average Bonchev–Trinajstić information content (AvgIpc) is 3.07. The van der Waals surface area contributed by atoms with Crippen LogP contribution in [0.4, 0.5) is 13.2 Å². The number of nitrogens with zero attached hydrogens (tertiary/aromatic N) is 2. The molecule has 1 atom stereocenters. The van der Waals surface area contributed by atoms with Crippen LogP contribution in [0, 0.1) is 5.92 Å². The van der Waals surface area contributed by atoms with E-state index in [1.807, 2.05) is 0 Å². The summed E-state index contributed by atoms with van der Waals surface area (Å²) in [5, 5.41) is 3.10. The van der Waals surface area contributed by atoms with Crippen LogP contribution < -0.4 is 5.32 Å². The number of hydrogen-bond donors (Lipinski definition) is 1. The molecule has 1 fully saturated rings. The zero-order valence-corrected chi connectivity index (χ0v) is 28.2. The van der Waals surface area contributed by atoms with Crippen molar-refractivity contribution in [3.8, 4) is 11.1 Å². The lowest BCUT2D eigenvalue weighted by Gasteiger charge is -2.35. The number of nitrogens with one attached hydrogen (secondary N) is 1. The summed E-state index contributed by atoms with van der Waals surface area (Å²) in [4.78, 5) is 30.2. The second-order valence-electron chi connectivity index (χ2n) is 12.8. The summed E-state index contributed by atoms with van der Waals surface area (Å²) in [6, 6.07) is 18.6. The van der Waals surface area contributed by atoms with E-state index < -0.39 is 11.7 Å². The summed E-state index contributed by atoms with van der Waals surface area (Å²) in [6.07, 6.45) is 4.06. The minimum atomic E-state index is -4.40. The van der Waals surface area contributed by atoms with Crippen LogP contribution in [0.2, 0.25) is 0 Å². The maximum atomic E-state index is 13.5. The standard InChI is InChI=1S/C39H50F3N3O2/c1-4-30-14-10-15-31(5-2)34(30)18-11-19-37(46)43-24-8-9-25-45-26-12-13-29(28-45)27-44(3)38(47)36-17-7-6-16-35(36)32-20-22-33(23-21-32)39(40,41)42/h6-7,10,14-17,20-23,29H,4-5,8-9,11-13,18-19,24-28H2,1-3H3,(H,43,46). The van der Waals surface area contributed by atoms with Gasteiger partial charge < -0.3 is 15.1 Å². The van der Waals surface area contributed by atoms with Crippen molar-refractivity contribution in [3.63, 3.8) is 0 Å². The van der Waals surface area contributed by atoms with Crippen LogP contribution in [0.1, 0.15) is 85.0 Å². The Morgan fingerprint density at radius 2 is 1.62 bits per heavy atom. The van der Waals surface area contributed by atoms with E-state index >= 15 is 0 Å². The Hall–Kier alpha value is -3.65. The van der Waals surface area contributed by atoms with Gasteiger partial charge in [0, 0.05) is 38.7 Å². The summed E-state index contributed by atoms with van der Waals surface area (Å²) in [7, 11) is 1.80. The number of alkyl halides is 3. The summed E-state index contributed by atoms with van der Waals surface area (Å²) < 4.78 is 39.2. The molecular weight excluding hydrogens is 599 g/mol. The van der Waals surface area contributed by atoms with E-state index in [9.17, 15) is 22.8 Å². The normalized spacial score (nSPS) is 15.4. The number of hydrogen-bond acceptors (Lipinski definition) is 3. The van der Waals surface area contributed by atoms with Crippen LogP contribution in [-0.2, 0) is 30.2 Å². The van der Waals surface area contributed by atoms with Gasteiger partial charge in [-0.15, -0.1) is 0 Å². The van der Waals surface area contributed by atoms with Gasteiger partial charge in [0.15, 0.2) is 0 Å². The molecular formula is C39H50F3N3O2. The molecule has 254 valence electrons. The summed E-state index contributed by atoms with van der Waals surface area (Å²) in [5.41, 5.74) is 5.19. The number of benzene rings is 3. The Morgan fingerprint density at radius 3 is 2.30 bits per heavy atom. The van der Waals surface area contributed by atoms with E-state index in [-0.39, 0.29) is 11.8 Å². The molecule has 0 radical (unpaired) electrons. The topological polar surface area (TPSA) is 52.7 Å². The van der Waals surface area contributed by atoms with Crippen LogP contribution in [-0.4, -0.2) is 61.4 Å². The second kappa shape index (κ2) is 17.5. The molecule has 1 heterocycles. The highest BCUT2D eigenvalue weighted by atomic mass is 19.4. The minimum absolute atomic E-state index is 0.127. The zero-order valence-electron chi connectivity index (χ0n) is 28.2. The van der Waals surface area contributed by atoms with Crippen LogP contribution in [0.15, 0.2) is 66.7 Å². The maximum absolute atomic E-state index is 13.5. The lowest BCUT2D eigenvalue weighted by atomic mass is 9.93. The van der Waals surface area contributed by atoms with Gasteiger partial charge >= 0.3 is 6.18 Å². The Kier molecular flexibility index (Phi) is 13.5. The summed E-state index contributed by atoms with van der Waals surface area (Å²) in [5.74, 6) is 0.345. The molecule has 0 bridgehead atoms. The lowest BCUT2D eigenvalue weighted by Crippen LogP contribution is -2.42. The molecule has 2 amide bonds. The van der Waals surface area contributed by atoms with Gasteiger partial charge in [0.05, 0.1) is 5.56 Å². The molecule has 1 aliphatic rings. The van der Waals surface area contributed by atoms with Crippen molar-refractivity contribution < 1.29 is 22.8 Å². The Bertz CT molecular complexity index is 1430. The molecule has 1 N–H and O–H groups in total. The Balaban J connectivity index is 1.18. The number of halogens is 3. The molecule has 47 heavy (non-hydrogen) atoms. The first-order chi connectivity index (χ1) is 22.6. The average molecular weight is 650 g/mol. The van der Waals surface area contributed by atoms with E-state index in [1.165, 1.54) is 28.8 Å². The molecule has 1 saturated heterocycles. The van der Waals surface area contributed by atoms with Crippen molar-refractivity contribution in [2.45, 2.75) is 77.8 Å². The van der Waals surface area contributed by atoms with E-state index in [1.54, 1.807) is 36.2 Å². The van der Waals surface area contributed by atoms with Crippen molar-refractivity contribution in [1.29, 1.82) is 0 Å². The number of unbranched alkanes of at least 4 members (excludes halogenated alkanes) is 1. The van der Waals surface area contributed by atoms with Gasteiger partial charge in [-0.2, -0.15) is 13.2 Å². The Labute approximate surface area is 278 Å².